The number of aliphatic hydroxyl groups excluding tert-OH is 3. The van der Waals surface area contributed by atoms with Gasteiger partial charge in [0.05, 0.1) is 24.9 Å². The van der Waals surface area contributed by atoms with E-state index in [0.29, 0.717) is 6.42 Å². The van der Waals surface area contributed by atoms with Gasteiger partial charge in [-0.15, -0.1) is 0 Å². The lowest BCUT2D eigenvalue weighted by molar-refractivity contribution is -0.370. The highest BCUT2D eigenvalue weighted by Gasteiger charge is 2.38. The molecular formula is C18H31N2O3+. The standard InChI is InChI=1S/C18H30N2O3/c19-9-11-20(16-12-15(21)13-17(22)18(16)23)10-5-4-8-14-6-2-1-3-7-14/h1-3,6-7,15-18,21-23H,4-5,8-13,19H2/p+1/t15-,16+,17+,18-/m0/s1. The summed E-state index contributed by atoms with van der Waals surface area (Å²) in [7, 11) is 0. The molecule has 1 aromatic carbocycles. The van der Waals surface area contributed by atoms with Crippen LogP contribution in [0, 0.1) is 0 Å². The Bertz CT molecular complexity index is 443. The van der Waals surface area contributed by atoms with Crippen molar-refractivity contribution in [2.45, 2.75) is 56.5 Å². The first-order valence-electron chi connectivity index (χ1n) is 8.73. The molecule has 5 nitrogen and oxygen atoms in total. The molecule has 1 fully saturated rings. The van der Waals surface area contributed by atoms with Gasteiger partial charge in [0.1, 0.15) is 0 Å². The fourth-order valence-corrected chi connectivity index (χ4v) is 3.49. The average molecular weight is 323 g/mol. The van der Waals surface area contributed by atoms with Crippen LogP contribution in [0.5, 0.6) is 0 Å². The molecule has 6 N–H and O–H groups in total. The third-order valence-electron chi connectivity index (χ3n) is 4.73. The summed E-state index contributed by atoms with van der Waals surface area (Å²) < 4.78 is 0. The zero-order valence-corrected chi connectivity index (χ0v) is 13.8. The summed E-state index contributed by atoms with van der Waals surface area (Å²) in [5.74, 6) is 0. The lowest BCUT2D eigenvalue weighted by Crippen LogP contribution is -2.60. The van der Waals surface area contributed by atoms with Gasteiger partial charge in [0.25, 0.3) is 0 Å². The minimum Gasteiger partial charge on any atom is -0.393 e. The van der Waals surface area contributed by atoms with Crippen molar-refractivity contribution in [2.24, 2.45) is 0 Å². The number of hydrogen-bond acceptors (Lipinski definition) is 4. The first kappa shape index (κ1) is 18.4. The molecule has 0 heterocycles. The second-order valence-electron chi connectivity index (χ2n) is 6.58. The predicted molar refractivity (Wildman–Crippen MR) is 89.8 cm³/mol. The number of aryl methyl sites for hydroxylation is 1. The molecule has 0 bridgehead atoms. The summed E-state index contributed by atoms with van der Waals surface area (Å²) in [6.45, 7) is 2.41. The number of unbranched alkanes of at least 4 members (excludes halogenated alkanes) is 1. The highest BCUT2D eigenvalue weighted by Crippen LogP contribution is 2.24. The fourth-order valence-electron chi connectivity index (χ4n) is 3.49. The number of nitrogens with zero attached hydrogens (tertiary/aromatic N) is 1. The SMILES string of the molecule is [NH3+]CCN(CCCCc1ccccc1)[C@@H]1C[C@H](O)C[C@@H](O)[C@H]1O. The van der Waals surface area contributed by atoms with Crippen molar-refractivity contribution < 1.29 is 21.1 Å². The van der Waals surface area contributed by atoms with E-state index >= 15 is 0 Å². The highest BCUT2D eigenvalue weighted by atomic mass is 16.3. The number of benzene rings is 1. The molecule has 5 heteroatoms. The van der Waals surface area contributed by atoms with Gasteiger partial charge in [0, 0.05) is 19.0 Å². The van der Waals surface area contributed by atoms with Crippen LogP contribution >= 0.6 is 0 Å². The van der Waals surface area contributed by atoms with Crippen LogP contribution in [0.4, 0.5) is 0 Å². The molecule has 2 rings (SSSR count). The van der Waals surface area contributed by atoms with E-state index in [1.54, 1.807) is 0 Å². The lowest BCUT2D eigenvalue weighted by Gasteiger charge is -2.41. The molecular weight excluding hydrogens is 292 g/mol. The van der Waals surface area contributed by atoms with E-state index in [1.807, 2.05) is 6.07 Å². The predicted octanol–water partition coefficient (Wildman–Crippen LogP) is -0.202. The van der Waals surface area contributed by atoms with Crippen molar-refractivity contribution >= 4 is 0 Å². The van der Waals surface area contributed by atoms with E-state index in [-0.39, 0.29) is 12.5 Å². The number of hydrogen-bond donors (Lipinski definition) is 4. The van der Waals surface area contributed by atoms with Gasteiger partial charge >= 0.3 is 0 Å². The Kier molecular flexibility index (Phi) is 7.46. The Labute approximate surface area is 138 Å². The van der Waals surface area contributed by atoms with Gasteiger partial charge in [0.15, 0.2) is 0 Å². The third kappa shape index (κ3) is 5.55. The van der Waals surface area contributed by atoms with Crippen molar-refractivity contribution in [3.05, 3.63) is 35.9 Å². The van der Waals surface area contributed by atoms with Gasteiger partial charge in [-0.05, 0) is 37.8 Å². The molecule has 0 amide bonds. The van der Waals surface area contributed by atoms with Gasteiger partial charge in [-0.3, -0.25) is 4.90 Å². The van der Waals surface area contributed by atoms with Crippen LogP contribution in [-0.2, 0) is 6.42 Å². The maximum absolute atomic E-state index is 10.3. The largest absolute Gasteiger partial charge is 0.393 e. The fraction of sp³-hybridized carbons (Fsp3) is 0.667. The second-order valence-corrected chi connectivity index (χ2v) is 6.58. The van der Waals surface area contributed by atoms with E-state index in [1.165, 1.54) is 5.56 Å². The smallest absolute Gasteiger partial charge is 0.0955 e. The number of aliphatic hydroxyl groups is 3. The Morgan fingerprint density at radius 3 is 2.43 bits per heavy atom. The van der Waals surface area contributed by atoms with Crippen LogP contribution in [-0.4, -0.2) is 64.2 Å². The Hall–Kier alpha value is -0.980. The topological polar surface area (TPSA) is 91.6 Å². The van der Waals surface area contributed by atoms with E-state index < -0.39 is 18.3 Å². The molecule has 1 aliphatic carbocycles. The van der Waals surface area contributed by atoms with Crippen LogP contribution in [0.3, 0.4) is 0 Å². The maximum atomic E-state index is 10.3. The van der Waals surface area contributed by atoms with Crippen LogP contribution < -0.4 is 5.73 Å². The normalized spacial score (nSPS) is 28.2. The molecule has 1 saturated carbocycles. The Morgan fingerprint density at radius 2 is 1.74 bits per heavy atom. The van der Waals surface area contributed by atoms with E-state index in [2.05, 4.69) is 34.9 Å². The molecule has 23 heavy (non-hydrogen) atoms. The quantitative estimate of drug-likeness (QED) is 0.499. The molecule has 4 atom stereocenters. The summed E-state index contributed by atoms with van der Waals surface area (Å²) in [5, 5.41) is 30.1. The summed E-state index contributed by atoms with van der Waals surface area (Å²) in [6.07, 6.45) is 1.82. The molecule has 1 aliphatic rings. The summed E-state index contributed by atoms with van der Waals surface area (Å²) in [5.41, 5.74) is 5.26. The van der Waals surface area contributed by atoms with Crippen molar-refractivity contribution in [1.82, 2.24) is 4.90 Å². The van der Waals surface area contributed by atoms with E-state index in [0.717, 1.165) is 38.9 Å². The molecule has 0 radical (unpaired) electrons. The van der Waals surface area contributed by atoms with Gasteiger partial charge in [-0.2, -0.15) is 0 Å². The highest BCUT2D eigenvalue weighted by molar-refractivity contribution is 5.14. The summed E-state index contributed by atoms with van der Waals surface area (Å²) >= 11 is 0. The minimum atomic E-state index is -0.833. The second kappa shape index (κ2) is 9.35. The number of rotatable bonds is 8. The third-order valence-corrected chi connectivity index (χ3v) is 4.73. The summed E-state index contributed by atoms with van der Waals surface area (Å²) in [4.78, 5) is 2.19. The Morgan fingerprint density at radius 1 is 1.00 bits per heavy atom. The monoisotopic (exact) mass is 323 g/mol. The Balaban J connectivity index is 1.83. The summed E-state index contributed by atoms with van der Waals surface area (Å²) in [6, 6.07) is 10.3. The van der Waals surface area contributed by atoms with Crippen molar-refractivity contribution in [3.8, 4) is 0 Å². The van der Waals surface area contributed by atoms with Crippen molar-refractivity contribution in [2.75, 3.05) is 19.6 Å². The molecule has 0 unspecified atom stereocenters. The van der Waals surface area contributed by atoms with Gasteiger partial charge < -0.3 is 21.1 Å². The van der Waals surface area contributed by atoms with Crippen LogP contribution in [0.1, 0.15) is 31.2 Å². The van der Waals surface area contributed by atoms with Crippen molar-refractivity contribution in [3.63, 3.8) is 0 Å². The molecule has 0 saturated heterocycles. The van der Waals surface area contributed by atoms with Gasteiger partial charge in [-0.25, -0.2) is 0 Å². The molecule has 0 aliphatic heterocycles. The zero-order valence-electron chi connectivity index (χ0n) is 13.8. The van der Waals surface area contributed by atoms with Crippen LogP contribution in [0.25, 0.3) is 0 Å². The minimum absolute atomic E-state index is 0.174. The first-order valence-corrected chi connectivity index (χ1v) is 8.73. The molecule has 0 spiro atoms. The first-order chi connectivity index (χ1) is 11.1. The van der Waals surface area contributed by atoms with Gasteiger partial charge in [0.2, 0.25) is 0 Å². The number of quaternary nitrogens is 1. The van der Waals surface area contributed by atoms with E-state index in [4.69, 9.17) is 0 Å². The van der Waals surface area contributed by atoms with Crippen molar-refractivity contribution in [1.29, 1.82) is 0 Å². The average Bonchev–Trinajstić information content (AvgIpc) is 2.55. The molecule has 0 aromatic heterocycles. The van der Waals surface area contributed by atoms with Crippen LogP contribution in [0.2, 0.25) is 0 Å². The lowest BCUT2D eigenvalue weighted by atomic mass is 9.86. The van der Waals surface area contributed by atoms with Gasteiger partial charge in [-0.1, -0.05) is 30.3 Å². The molecule has 130 valence electrons. The zero-order chi connectivity index (χ0) is 16.7. The maximum Gasteiger partial charge on any atom is 0.0955 e. The van der Waals surface area contributed by atoms with E-state index in [9.17, 15) is 15.3 Å². The van der Waals surface area contributed by atoms with Crippen LogP contribution in [0.15, 0.2) is 30.3 Å². The molecule has 1 aromatic rings.